The Morgan fingerprint density at radius 3 is 2.33 bits per heavy atom. The number of hydrogen-bond acceptors (Lipinski definition) is 7. The van der Waals surface area contributed by atoms with Gasteiger partial charge in [-0.25, -0.2) is 0 Å². The molecule has 262 valence electrons. The van der Waals surface area contributed by atoms with Crippen molar-refractivity contribution < 1.29 is 33.8 Å². The number of fused-ring (bicyclic) bond motifs is 2. The number of rotatable bonds is 6. The van der Waals surface area contributed by atoms with Gasteiger partial charge in [0.15, 0.2) is 0 Å². The predicted octanol–water partition coefficient (Wildman–Crippen LogP) is 4.34. The molecule has 4 heterocycles. The van der Waals surface area contributed by atoms with Crippen molar-refractivity contribution in [3.8, 4) is 0 Å². The molecule has 0 saturated carbocycles. The minimum Gasteiger partial charge on any atom is -0.455 e. The third-order valence-corrected chi connectivity index (χ3v) is 10.3. The quantitative estimate of drug-likeness (QED) is 0.343. The molecule has 48 heavy (non-hydrogen) atoms. The van der Waals surface area contributed by atoms with Crippen LogP contribution in [0.15, 0.2) is 54.6 Å². The van der Waals surface area contributed by atoms with Crippen molar-refractivity contribution >= 4 is 23.7 Å². The van der Waals surface area contributed by atoms with E-state index in [1.807, 2.05) is 70.2 Å². The zero-order valence-electron chi connectivity index (χ0n) is 29.6. The van der Waals surface area contributed by atoms with E-state index in [-0.39, 0.29) is 42.7 Å². The lowest BCUT2D eigenvalue weighted by molar-refractivity contribution is -0.162. The summed E-state index contributed by atoms with van der Waals surface area (Å²) >= 11 is 0. The van der Waals surface area contributed by atoms with Crippen LogP contribution in [0.1, 0.15) is 86.3 Å². The maximum atomic E-state index is 15.2. The number of hydrogen-bond donors (Lipinski definition) is 2. The van der Waals surface area contributed by atoms with E-state index in [1.165, 1.54) is 4.90 Å². The summed E-state index contributed by atoms with van der Waals surface area (Å²) in [6.07, 6.45) is 7.11. The van der Waals surface area contributed by atoms with Gasteiger partial charge in [-0.3, -0.25) is 19.2 Å². The van der Waals surface area contributed by atoms with Gasteiger partial charge in [-0.1, -0.05) is 89.3 Å². The smallest absolute Gasteiger partial charge is 0.313 e. The molecule has 10 nitrogen and oxygen atoms in total. The lowest BCUT2D eigenvalue weighted by Gasteiger charge is -2.46. The molecule has 0 aromatic heterocycles. The number of cyclic esters (lactones) is 1. The van der Waals surface area contributed by atoms with Gasteiger partial charge in [0.2, 0.25) is 17.7 Å². The third kappa shape index (κ3) is 6.58. The molecule has 10 heteroatoms. The Morgan fingerprint density at radius 2 is 1.71 bits per heavy atom. The summed E-state index contributed by atoms with van der Waals surface area (Å²) in [7, 11) is 0. The molecule has 3 amide bonds. The van der Waals surface area contributed by atoms with Crippen LogP contribution in [0, 0.1) is 23.2 Å². The Hall–Kier alpha value is -3.50. The topological polar surface area (TPSA) is 125 Å². The van der Waals surface area contributed by atoms with Gasteiger partial charge in [0.25, 0.3) is 0 Å². The predicted molar refractivity (Wildman–Crippen MR) is 181 cm³/mol. The summed E-state index contributed by atoms with van der Waals surface area (Å²) in [6, 6.07) is 6.86. The number of nitrogens with one attached hydrogen (secondary N) is 1. The molecule has 0 radical (unpaired) electrons. The molecule has 5 bridgehead atoms. The zero-order valence-corrected chi connectivity index (χ0v) is 29.6. The van der Waals surface area contributed by atoms with E-state index in [4.69, 9.17) is 9.47 Å². The van der Waals surface area contributed by atoms with Crippen LogP contribution in [0.2, 0.25) is 0 Å². The lowest BCUT2D eigenvalue weighted by Crippen LogP contribution is -2.63. The van der Waals surface area contributed by atoms with E-state index < -0.39 is 65.2 Å². The van der Waals surface area contributed by atoms with Crippen molar-refractivity contribution in [3.63, 3.8) is 0 Å². The fourth-order valence-electron chi connectivity index (χ4n) is 8.53. The second kappa shape index (κ2) is 13.4. The molecule has 8 atom stereocenters. The molecule has 1 spiro atoms. The van der Waals surface area contributed by atoms with Crippen molar-refractivity contribution in [1.82, 2.24) is 15.1 Å². The van der Waals surface area contributed by atoms with Crippen molar-refractivity contribution in [2.45, 2.75) is 116 Å². The number of aliphatic hydroxyl groups is 1. The number of esters is 1. The van der Waals surface area contributed by atoms with E-state index in [9.17, 15) is 19.5 Å². The first-order valence-corrected chi connectivity index (χ1v) is 17.3. The van der Waals surface area contributed by atoms with Gasteiger partial charge in [0.1, 0.15) is 23.7 Å². The normalized spacial score (nSPS) is 32.8. The van der Waals surface area contributed by atoms with Gasteiger partial charge in [-0.05, 0) is 50.5 Å². The number of allylic oxidation sites excluding steroid dienone is 1. The van der Waals surface area contributed by atoms with Gasteiger partial charge in [0.05, 0.1) is 30.7 Å². The summed E-state index contributed by atoms with van der Waals surface area (Å²) < 4.78 is 12.9. The van der Waals surface area contributed by atoms with E-state index in [1.54, 1.807) is 24.0 Å². The Labute approximate surface area is 284 Å². The second-order valence-electron chi connectivity index (χ2n) is 16.1. The molecule has 5 rings (SSSR count). The Morgan fingerprint density at radius 1 is 1.02 bits per heavy atom. The molecule has 0 aliphatic carbocycles. The summed E-state index contributed by atoms with van der Waals surface area (Å²) in [5, 5.41) is 13.7. The Kier molecular flexibility index (Phi) is 10.0. The Balaban J connectivity index is 1.65. The number of ether oxygens (including phenoxy) is 2. The largest absolute Gasteiger partial charge is 0.455 e. The second-order valence-corrected chi connectivity index (χ2v) is 16.1. The number of aliphatic hydroxyl groups excluding tert-OH is 1. The molecule has 4 aliphatic rings. The van der Waals surface area contributed by atoms with Crippen LogP contribution in [0.4, 0.5) is 0 Å². The van der Waals surface area contributed by atoms with Gasteiger partial charge >= 0.3 is 5.97 Å². The highest BCUT2D eigenvalue weighted by Crippen LogP contribution is 2.57. The van der Waals surface area contributed by atoms with Crippen LogP contribution in [-0.4, -0.2) is 87.1 Å². The lowest BCUT2D eigenvalue weighted by atomic mass is 9.74. The monoisotopic (exact) mass is 663 g/mol. The first kappa shape index (κ1) is 35.8. The molecule has 2 N–H and O–H groups in total. The van der Waals surface area contributed by atoms with Crippen molar-refractivity contribution in [3.05, 3.63) is 60.2 Å². The number of carbonyl (C=O) groups excluding carboxylic acids is 4. The maximum absolute atomic E-state index is 15.2. The average Bonchev–Trinajstić information content (AvgIpc) is 3.64. The molecular weight excluding hydrogens is 610 g/mol. The number of carbonyl (C=O) groups is 4. The highest BCUT2D eigenvalue weighted by atomic mass is 16.6. The van der Waals surface area contributed by atoms with Crippen molar-refractivity contribution in [2.24, 2.45) is 23.2 Å². The van der Waals surface area contributed by atoms with E-state index >= 15 is 4.79 Å². The van der Waals surface area contributed by atoms with Crippen LogP contribution >= 0.6 is 0 Å². The molecule has 1 aromatic rings. The average molecular weight is 664 g/mol. The van der Waals surface area contributed by atoms with Crippen LogP contribution < -0.4 is 5.32 Å². The first-order chi connectivity index (χ1) is 22.5. The number of amides is 3. The number of benzene rings is 1. The van der Waals surface area contributed by atoms with Gasteiger partial charge in [0, 0.05) is 18.5 Å². The molecule has 4 aliphatic heterocycles. The van der Waals surface area contributed by atoms with Crippen LogP contribution in [0.25, 0.3) is 0 Å². The Bertz CT molecular complexity index is 1450. The molecule has 2 fully saturated rings. The minimum absolute atomic E-state index is 0.125. The van der Waals surface area contributed by atoms with Crippen LogP contribution in [-0.2, 0) is 28.7 Å². The SMILES string of the molecule is CC(C)[C@H](CO)N1C(=O)[C@H]2[C@@H]3C(=O)O[C@H](c4ccccc4)[C@@H](C)NC(=O)CC/C=C\CN(C(C)(C)CC(C)(C)C)C(=O)[C@H]1[C@@]21C=C[C@@H]3O1. The summed E-state index contributed by atoms with van der Waals surface area (Å²) in [5.74, 6) is -3.76. The first-order valence-electron chi connectivity index (χ1n) is 17.3. The fourth-order valence-corrected chi connectivity index (χ4v) is 8.53. The van der Waals surface area contributed by atoms with Gasteiger partial charge in [-0.2, -0.15) is 0 Å². The fraction of sp³-hybridized carbons (Fsp3) is 0.632. The van der Waals surface area contributed by atoms with Gasteiger partial charge in [-0.15, -0.1) is 0 Å². The standard InChI is InChI=1S/C38H53N3O7/c1-23(2)26(21-42)41-32-34(45)40(37(7,8)22-36(4,5)6)20-14-10-13-17-28(43)39-24(3)31(25-15-11-9-12-16-25)47-35(46)29-27-18-19-38(32,48-27)30(29)33(41)44/h9-12,14-16,18-19,23-24,26-27,29-32,42H,13,17,20-22H2,1-8H3,(H,39,43)/b14-10-/t24-,26+,27+,29-,30-,31+,32+,38-/m1/s1. The van der Waals surface area contributed by atoms with E-state index in [0.29, 0.717) is 18.4 Å². The minimum atomic E-state index is -1.42. The summed E-state index contributed by atoms with van der Waals surface area (Å²) in [4.78, 5) is 60.6. The highest BCUT2D eigenvalue weighted by Gasteiger charge is 2.74. The van der Waals surface area contributed by atoms with Crippen LogP contribution in [0.5, 0.6) is 0 Å². The van der Waals surface area contributed by atoms with Crippen molar-refractivity contribution in [2.75, 3.05) is 13.2 Å². The molecule has 0 unspecified atom stereocenters. The summed E-state index contributed by atoms with van der Waals surface area (Å²) in [5.41, 5.74) is -1.48. The summed E-state index contributed by atoms with van der Waals surface area (Å²) in [6.45, 7) is 15.9. The van der Waals surface area contributed by atoms with E-state index in [2.05, 4.69) is 26.1 Å². The molecule has 2 saturated heterocycles. The molecule has 1 aromatic carbocycles. The van der Waals surface area contributed by atoms with Gasteiger partial charge < -0.3 is 29.7 Å². The van der Waals surface area contributed by atoms with E-state index in [0.717, 1.165) is 0 Å². The van der Waals surface area contributed by atoms with Crippen LogP contribution in [0.3, 0.4) is 0 Å². The van der Waals surface area contributed by atoms with Crippen molar-refractivity contribution in [1.29, 1.82) is 0 Å². The number of likely N-dealkylation sites (tertiary alicyclic amines) is 1. The number of nitrogens with zero attached hydrogens (tertiary/aromatic N) is 2. The zero-order chi connectivity index (χ0) is 35.2. The third-order valence-electron chi connectivity index (χ3n) is 10.3. The highest BCUT2D eigenvalue weighted by molar-refractivity contribution is 5.99. The molecular formula is C38H53N3O7. The maximum Gasteiger partial charge on any atom is 0.313 e.